The molecule has 1 aliphatic carbocycles. The Kier molecular flexibility index (Phi) is 5.74. The van der Waals surface area contributed by atoms with Crippen molar-refractivity contribution in [3.63, 3.8) is 0 Å². The lowest BCUT2D eigenvalue weighted by molar-refractivity contribution is 0.102. The number of hydrogen-bond donors (Lipinski definition) is 3. The van der Waals surface area contributed by atoms with Crippen LogP contribution in [0.15, 0.2) is 78.4 Å². The molecule has 5 aromatic rings. The van der Waals surface area contributed by atoms with E-state index in [2.05, 4.69) is 15.6 Å². The van der Waals surface area contributed by atoms with Crippen LogP contribution in [-0.2, 0) is 0 Å². The highest BCUT2D eigenvalue weighted by atomic mass is 32.1. The standard InChI is InChI=1S/C27H24N6O2S/c28-21-6-1-2-7-22(21)31-26(34)17-8-10-18(11-9-17)30-27-32-23(16-36-27)24-14-29-25-13-12-20(15-33(24)25)35-19-4-3-5-19/h1-2,6-16,19H,3-5,28H2,(H,30,32)(H,31,34). The molecule has 0 radical (unpaired) electrons. The van der Waals surface area contributed by atoms with Gasteiger partial charge in [0.2, 0.25) is 0 Å². The molecule has 0 bridgehead atoms. The number of carbonyl (C=O) groups is 1. The lowest BCUT2D eigenvalue weighted by Crippen LogP contribution is -2.24. The van der Waals surface area contributed by atoms with Crippen LogP contribution in [-0.4, -0.2) is 26.4 Å². The largest absolute Gasteiger partial charge is 0.489 e. The number of carbonyl (C=O) groups excluding carboxylic acids is 1. The van der Waals surface area contributed by atoms with Crippen molar-refractivity contribution in [3.05, 3.63) is 84.0 Å². The van der Waals surface area contributed by atoms with Gasteiger partial charge in [0.1, 0.15) is 17.1 Å². The van der Waals surface area contributed by atoms with Crippen molar-refractivity contribution >= 4 is 45.1 Å². The van der Waals surface area contributed by atoms with Crippen molar-refractivity contribution in [3.8, 4) is 17.1 Å². The average molecular weight is 497 g/mol. The number of aromatic nitrogens is 3. The number of pyridine rings is 1. The van der Waals surface area contributed by atoms with Crippen LogP contribution in [0.1, 0.15) is 29.6 Å². The molecule has 0 saturated heterocycles. The van der Waals surface area contributed by atoms with E-state index in [1.807, 2.05) is 58.6 Å². The number of nitrogens with two attached hydrogens (primary N) is 1. The Labute approximate surface area is 211 Å². The lowest BCUT2D eigenvalue weighted by atomic mass is 9.96. The monoisotopic (exact) mass is 496 g/mol. The van der Waals surface area contributed by atoms with Gasteiger partial charge in [-0.15, -0.1) is 11.3 Å². The van der Waals surface area contributed by atoms with Gasteiger partial charge in [0.25, 0.3) is 5.91 Å². The molecule has 1 amide bonds. The highest BCUT2D eigenvalue weighted by Gasteiger charge is 2.19. The molecule has 8 nitrogen and oxygen atoms in total. The molecule has 9 heteroatoms. The van der Waals surface area contributed by atoms with Gasteiger partial charge in [0.15, 0.2) is 5.13 Å². The summed E-state index contributed by atoms with van der Waals surface area (Å²) >= 11 is 1.50. The number of amides is 1. The first kappa shape index (κ1) is 22.1. The summed E-state index contributed by atoms with van der Waals surface area (Å²) in [5, 5.41) is 8.90. The third kappa shape index (κ3) is 4.48. The third-order valence-corrected chi connectivity index (χ3v) is 6.97. The molecule has 1 saturated carbocycles. The SMILES string of the molecule is Nc1ccccc1NC(=O)c1ccc(Nc2nc(-c3cnc4ccc(OC5CCC5)cn34)cs2)cc1. The minimum Gasteiger partial charge on any atom is -0.489 e. The second-order valence-electron chi connectivity index (χ2n) is 8.69. The summed E-state index contributed by atoms with van der Waals surface area (Å²) in [5.74, 6) is 0.628. The molecular formula is C27H24N6O2S. The van der Waals surface area contributed by atoms with E-state index >= 15 is 0 Å². The first-order valence-electron chi connectivity index (χ1n) is 11.7. The minimum absolute atomic E-state index is 0.218. The molecule has 0 aliphatic heterocycles. The molecule has 3 aromatic heterocycles. The highest BCUT2D eigenvalue weighted by Crippen LogP contribution is 2.30. The van der Waals surface area contributed by atoms with Crippen LogP contribution in [0.25, 0.3) is 17.0 Å². The van der Waals surface area contributed by atoms with Crippen molar-refractivity contribution in [2.45, 2.75) is 25.4 Å². The molecule has 180 valence electrons. The van der Waals surface area contributed by atoms with Crippen LogP contribution in [0.3, 0.4) is 0 Å². The van der Waals surface area contributed by atoms with Crippen LogP contribution in [0.2, 0.25) is 0 Å². The van der Waals surface area contributed by atoms with E-state index < -0.39 is 0 Å². The molecule has 4 N–H and O–H groups in total. The number of nitrogen functional groups attached to an aromatic ring is 1. The summed E-state index contributed by atoms with van der Waals surface area (Å²) in [4.78, 5) is 21.8. The first-order valence-corrected chi connectivity index (χ1v) is 12.6. The predicted molar refractivity (Wildman–Crippen MR) is 143 cm³/mol. The molecule has 3 heterocycles. The Bertz CT molecular complexity index is 1540. The van der Waals surface area contributed by atoms with Crippen LogP contribution in [0, 0.1) is 0 Å². The number of benzene rings is 2. The molecule has 1 aliphatic rings. The van der Waals surface area contributed by atoms with Gasteiger partial charge in [-0.3, -0.25) is 9.20 Å². The predicted octanol–water partition coefficient (Wildman–Crippen LogP) is 5.97. The summed E-state index contributed by atoms with van der Waals surface area (Å²) < 4.78 is 8.07. The Morgan fingerprint density at radius 3 is 2.69 bits per heavy atom. The molecule has 36 heavy (non-hydrogen) atoms. The van der Waals surface area contributed by atoms with E-state index in [9.17, 15) is 4.79 Å². The number of nitrogens with zero attached hydrogens (tertiary/aromatic N) is 3. The van der Waals surface area contributed by atoms with Crippen LogP contribution >= 0.6 is 11.3 Å². The number of hydrogen-bond acceptors (Lipinski definition) is 7. The summed E-state index contributed by atoms with van der Waals surface area (Å²) in [5.41, 5.74) is 11.0. The molecule has 0 atom stereocenters. The zero-order valence-corrected chi connectivity index (χ0v) is 20.2. The Balaban J connectivity index is 1.15. The van der Waals surface area contributed by atoms with Crippen molar-refractivity contribution in [2.24, 2.45) is 0 Å². The summed E-state index contributed by atoms with van der Waals surface area (Å²) in [6, 6.07) is 18.3. The quantitative estimate of drug-likeness (QED) is 0.240. The summed E-state index contributed by atoms with van der Waals surface area (Å²) in [7, 11) is 0. The molecular weight excluding hydrogens is 472 g/mol. The zero-order chi connectivity index (χ0) is 24.5. The second kappa shape index (κ2) is 9.35. The maximum Gasteiger partial charge on any atom is 0.255 e. The van der Waals surface area contributed by atoms with Crippen molar-refractivity contribution < 1.29 is 9.53 Å². The second-order valence-corrected chi connectivity index (χ2v) is 9.55. The van der Waals surface area contributed by atoms with Gasteiger partial charge in [0.05, 0.1) is 35.6 Å². The number of para-hydroxylation sites is 2. The average Bonchev–Trinajstić information content (AvgIpc) is 3.50. The normalized spacial score (nSPS) is 13.3. The maximum atomic E-state index is 12.6. The maximum absolute atomic E-state index is 12.6. The van der Waals surface area contributed by atoms with Crippen LogP contribution in [0.5, 0.6) is 5.75 Å². The zero-order valence-electron chi connectivity index (χ0n) is 19.3. The summed E-state index contributed by atoms with van der Waals surface area (Å²) in [6.45, 7) is 0. The number of nitrogens with one attached hydrogen (secondary N) is 2. The highest BCUT2D eigenvalue weighted by molar-refractivity contribution is 7.14. The van der Waals surface area contributed by atoms with Gasteiger partial charge in [-0.1, -0.05) is 12.1 Å². The number of ether oxygens (including phenoxy) is 1. The van der Waals surface area contributed by atoms with E-state index in [1.54, 1.807) is 24.3 Å². The smallest absolute Gasteiger partial charge is 0.255 e. The Morgan fingerprint density at radius 2 is 1.92 bits per heavy atom. The van der Waals surface area contributed by atoms with Crippen molar-refractivity contribution in [2.75, 3.05) is 16.4 Å². The van der Waals surface area contributed by atoms with E-state index in [4.69, 9.17) is 15.5 Å². The summed E-state index contributed by atoms with van der Waals surface area (Å²) in [6.07, 6.45) is 7.59. The first-order chi connectivity index (χ1) is 17.6. The van der Waals surface area contributed by atoms with E-state index in [0.717, 1.165) is 46.4 Å². The fourth-order valence-electron chi connectivity index (χ4n) is 3.98. The van der Waals surface area contributed by atoms with E-state index in [1.165, 1.54) is 17.8 Å². The van der Waals surface area contributed by atoms with E-state index in [0.29, 0.717) is 23.0 Å². The van der Waals surface area contributed by atoms with Crippen molar-refractivity contribution in [1.82, 2.24) is 14.4 Å². The topological polar surface area (TPSA) is 107 Å². The van der Waals surface area contributed by atoms with Gasteiger partial charge in [-0.05, 0) is 67.8 Å². The molecule has 2 aromatic carbocycles. The fourth-order valence-corrected chi connectivity index (χ4v) is 4.71. The van der Waals surface area contributed by atoms with E-state index in [-0.39, 0.29) is 5.91 Å². The Morgan fingerprint density at radius 1 is 1.08 bits per heavy atom. The fraction of sp³-hybridized carbons (Fsp3) is 0.148. The van der Waals surface area contributed by atoms with Gasteiger partial charge in [0, 0.05) is 16.6 Å². The number of thiazole rings is 1. The van der Waals surface area contributed by atoms with Gasteiger partial charge >= 0.3 is 0 Å². The number of imidazole rings is 1. The van der Waals surface area contributed by atoms with Crippen LogP contribution in [0.4, 0.5) is 22.2 Å². The number of rotatable bonds is 7. The van der Waals surface area contributed by atoms with Gasteiger partial charge < -0.3 is 21.1 Å². The molecule has 1 fully saturated rings. The van der Waals surface area contributed by atoms with Gasteiger partial charge in [-0.25, -0.2) is 9.97 Å². The van der Waals surface area contributed by atoms with Crippen LogP contribution < -0.4 is 21.1 Å². The molecule has 0 unspecified atom stereocenters. The Hall–Kier alpha value is -4.37. The third-order valence-electron chi connectivity index (χ3n) is 6.21. The molecule has 6 rings (SSSR count). The van der Waals surface area contributed by atoms with Gasteiger partial charge in [-0.2, -0.15) is 0 Å². The lowest BCUT2D eigenvalue weighted by Gasteiger charge is -2.26. The van der Waals surface area contributed by atoms with Crippen molar-refractivity contribution in [1.29, 1.82) is 0 Å². The minimum atomic E-state index is -0.218. The number of anilines is 4. The molecule has 0 spiro atoms. The number of fused-ring (bicyclic) bond motifs is 1.